The van der Waals surface area contributed by atoms with Gasteiger partial charge in [-0.25, -0.2) is 8.42 Å². The maximum atomic E-state index is 12.0. The summed E-state index contributed by atoms with van der Waals surface area (Å²) in [6.45, 7) is 3.05. The monoisotopic (exact) mass is 314 g/mol. The van der Waals surface area contributed by atoms with Gasteiger partial charge in [-0.15, -0.1) is 0 Å². The Morgan fingerprint density at radius 1 is 1.29 bits per heavy atom. The van der Waals surface area contributed by atoms with Gasteiger partial charge >= 0.3 is 5.97 Å². The number of hydrogen-bond acceptors (Lipinski definition) is 4. The van der Waals surface area contributed by atoms with Crippen molar-refractivity contribution < 1.29 is 23.1 Å². The van der Waals surface area contributed by atoms with Crippen molar-refractivity contribution in [1.29, 1.82) is 0 Å². The number of anilines is 1. The maximum absolute atomic E-state index is 12.0. The molecular formula is C13H18N2O5S. The number of carboxylic acids is 1. The molecule has 8 heteroatoms. The molecule has 1 unspecified atom stereocenters. The van der Waals surface area contributed by atoms with Crippen molar-refractivity contribution in [2.24, 2.45) is 0 Å². The zero-order valence-corrected chi connectivity index (χ0v) is 12.6. The van der Waals surface area contributed by atoms with Gasteiger partial charge in [-0.1, -0.05) is 19.1 Å². The highest BCUT2D eigenvalue weighted by Gasteiger charge is 2.19. The third-order valence-electron chi connectivity index (χ3n) is 2.63. The third-order valence-corrected chi connectivity index (χ3v) is 4.10. The molecule has 0 spiro atoms. The zero-order valence-electron chi connectivity index (χ0n) is 11.8. The molecule has 1 amide bonds. The quantitative estimate of drug-likeness (QED) is 0.696. The van der Waals surface area contributed by atoms with Crippen molar-refractivity contribution in [3.8, 4) is 0 Å². The highest BCUT2D eigenvalue weighted by molar-refractivity contribution is 7.92. The van der Waals surface area contributed by atoms with Crippen LogP contribution in [0.2, 0.25) is 0 Å². The second-order valence-electron chi connectivity index (χ2n) is 4.50. The van der Waals surface area contributed by atoms with Crippen molar-refractivity contribution in [1.82, 2.24) is 5.32 Å². The first-order chi connectivity index (χ1) is 9.76. The first kappa shape index (κ1) is 17.0. The lowest BCUT2D eigenvalue weighted by Crippen LogP contribution is -2.38. The highest BCUT2D eigenvalue weighted by Crippen LogP contribution is 2.17. The molecule has 0 heterocycles. The van der Waals surface area contributed by atoms with Crippen molar-refractivity contribution >= 4 is 27.6 Å². The number of nitrogens with one attached hydrogen (secondary N) is 2. The van der Waals surface area contributed by atoms with E-state index in [0.29, 0.717) is 6.42 Å². The summed E-state index contributed by atoms with van der Waals surface area (Å²) in [7, 11) is -3.53. The van der Waals surface area contributed by atoms with E-state index in [9.17, 15) is 18.0 Å². The van der Waals surface area contributed by atoms with Crippen molar-refractivity contribution in [2.75, 3.05) is 10.5 Å². The molecule has 0 fully saturated rings. The van der Waals surface area contributed by atoms with E-state index in [1.807, 2.05) is 0 Å². The van der Waals surface area contributed by atoms with Crippen LogP contribution in [0.4, 0.5) is 5.69 Å². The molecule has 116 valence electrons. The number of rotatable bonds is 7. The SMILES string of the molecule is CCCS(=O)(=O)Nc1ccccc1C(=O)NC(C)C(=O)O. The van der Waals surface area contributed by atoms with Gasteiger partial charge in [-0.05, 0) is 25.5 Å². The standard InChI is InChI=1S/C13H18N2O5S/c1-3-8-21(19,20)15-11-7-5-4-6-10(11)12(16)14-9(2)13(17)18/h4-7,9,15H,3,8H2,1-2H3,(H,14,16)(H,17,18). The molecule has 0 radical (unpaired) electrons. The third kappa shape index (κ3) is 5.07. The molecule has 1 aromatic carbocycles. The van der Waals surface area contributed by atoms with E-state index in [2.05, 4.69) is 10.0 Å². The predicted octanol–water partition coefficient (Wildman–Crippen LogP) is 1.04. The van der Waals surface area contributed by atoms with Crippen LogP contribution < -0.4 is 10.0 Å². The van der Waals surface area contributed by atoms with E-state index in [0.717, 1.165) is 0 Å². The Hall–Kier alpha value is -2.09. The Balaban J connectivity index is 2.99. The lowest BCUT2D eigenvalue weighted by atomic mass is 10.1. The summed E-state index contributed by atoms with van der Waals surface area (Å²) in [6, 6.07) is 4.96. The van der Waals surface area contributed by atoms with Crippen LogP contribution in [-0.2, 0) is 14.8 Å². The lowest BCUT2D eigenvalue weighted by Gasteiger charge is -2.14. The molecule has 0 bridgehead atoms. The highest BCUT2D eigenvalue weighted by atomic mass is 32.2. The predicted molar refractivity (Wildman–Crippen MR) is 78.7 cm³/mol. The van der Waals surface area contributed by atoms with Gasteiger partial charge in [0.15, 0.2) is 0 Å². The number of carbonyl (C=O) groups is 2. The summed E-state index contributed by atoms with van der Waals surface area (Å²) in [6.07, 6.45) is 0.444. The first-order valence-corrected chi connectivity index (χ1v) is 8.05. The molecule has 0 aliphatic carbocycles. The van der Waals surface area contributed by atoms with Gasteiger partial charge in [0, 0.05) is 0 Å². The Labute approximate surface area is 123 Å². The lowest BCUT2D eigenvalue weighted by molar-refractivity contribution is -0.138. The minimum absolute atomic E-state index is 0.0610. The Bertz CT molecular complexity index is 627. The molecule has 3 N–H and O–H groups in total. The summed E-state index contributed by atoms with van der Waals surface area (Å²) < 4.78 is 25.9. The van der Waals surface area contributed by atoms with Crippen molar-refractivity contribution in [3.05, 3.63) is 29.8 Å². The van der Waals surface area contributed by atoms with E-state index in [-0.39, 0.29) is 17.0 Å². The fourth-order valence-electron chi connectivity index (χ4n) is 1.59. The average molecular weight is 314 g/mol. The number of amides is 1. The molecule has 0 saturated carbocycles. The van der Waals surface area contributed by atoms with Gasteiger partial charge in [-0.2, -0.15) is 0 Å². The van der Waals surface area contributed by atoms with Crippen molar-refractivity contribution in [2.45, 2.75) is 26.3 Å². The summed E-state index contributed by atoms with van der Waals surface area (Å²) in [5, 5.41) is 11.1. The van der Waals surface area contributed by atoms with E-state index >= 15 is 0 Å². The van der Waals surface area contributed by atoms with Crippen LogP contribution in [0.25, 0.3) is 0 Å². The number of aliphatic carboxylic acids is 1. The van der Waals surface area contributed by atoms with Crippen LogP contribution in [0.5, 0.6) is 0 Å². The van der Waals surface area contributed by atoms with Crippen LogP contribution >= 0.6 is 0 Å². The van der Waals surface area contributed by atoms with E-state index in [1.54, 1.807) is 19.1 Å². The Morgan fingerprint density at radius 3 is 2.48 bits per heavy atom. The van der Waals surface area contributed by atoms with Crippen LogP contribution in [0.1, 0.15) is 30.6 Å². The van der Waals surface area contributed by atoms with Gasteiger partial charge in [-0.3, -0.25) is 14.3 Å². The second-order valence-corrected chi connectivity index (χ2v) is 6.34. The molecule has 1 rings (SSSR count). The summed E-state index contributed by atoms with van der Waals surface area (Å²) in [5.41, 5.74) is 0.200. The Morgan fingerprint density at radius 2 is 1.90 bits per heavy atom. The smallest absolute Gasteiger partial charge is 0.325 e. The number of carboxylic acid groups (broad SMARTS) is 1. The van der Waals surface area contributed by atoms with Gasteiger partial charge in [0.25, 0.3) is 5.91 Å². The number of sulfonamides is 1. The molecule has 7 nitrogen and oxygen atoms in total. The van der Waals surface area contributed by atoms with Gasteiger partial charge < -0.3 is 10.4 Å². The summed E-state index contributed by atoms with van der Waals surface area (Å²) in [4.78, 5) is 22.8. The van der Waals surface area contributed by atoms with Crippen LogP contribution in [-0.4, -0.2) is 37.2 Å². The summed E-state index contributed by atoms with van der Waals surface area (Å²) >= 11 is 0. The number of carbonyl (C=O) groups excluding carboxylic acids is 1. The molecule has 1 aromatic rings. The summed E-state index contributed by atoms with van der Waals surface area (Å²) in [5.74, 6) is -1.89. The minimum Gasteiger partial charge on any atom is -0.480 e. The average Bonchev–Trinajstić information content (AvgIpc) is 2.38. The largest absolute Gasteiger partial charge is 0.480 e. The zero-order chi connectivity index (χ0) is 16.0. The molecular weight excluding hydrogens is 296 g/mol. The molecule has 1 atom stereocenters. The normalized spacial score (nSPS) is 12.5. The fraction of sp³-hybridized carbons (Fsp3) is 0.385. The molecule has 0 aromatic heterocycles. The molecule has 0 aliphatic heterocycles. The molecule has 21 heavy (non-hydrogen) atoms. The maximum Gasteiger partial charge on any atom is 0.325 e. The molecule has 0 aliphatic rings. The second kappa shape index (κ2) is 7.07. The van der Waals surface area contributed by atoms with Crippen molar-refractivity contribution in [3.63, 3.8) is 0 Å². The fourth-order valence-corrected chi connectivity index (χ4v) is 2.75. The van der Waals surface area contributed by atoms with Gasteiger partial charge in [0.1, 0.15) is 6.04 Å². The van der Waals surface area contributed by atoms with Crippen LogP contribution in [0.3, 0.4) is 0 Å². The number of hydrogen-bond donors (Lipinski definition) is 3. The number of para-hydroxylation sites is 1. The van der Waals surface area contributed by atoms with E-state index in [4.69, 9.17) is 5.11 Å². The first-order valence-electron chi connectivity index (χ1n) is 6.40. The Kier molecular flexibility index (Phi) is 5.71. The van der Waals surface area contributed by atoms with E-state index < -0.39 is 27.9 Å². The van der Waals surface area contributed by atoms with Crippen LogP contribution in [0.15, 0.2) is 24.3 Å². The topological polar surface area (TPSA) is 113 Å². The van der Waals surface area contributed by atoms with Gasteiger partial charge in [0.2, 0.25) is 10.0 Å². The van der Waals surface area contributed by atoms with E-state index in [1.165, 1.54) is 19.1 Å². The van der Waals surface area contributed by atoms with Gasteiger partial charge in [0.05, 0.1) is 17.0 Å². The van der Waals surface area contributed by atoms with Crippen LogP contribution in [0, 0.1) is 0 Å². The molecule has 0 saturated heterocycles. The minimum atomic E-state index is -3.53. The number of benzene rings is 1.